The lowest BCUT2D eigenvalue weighted by Crippen LogP contribution is -2.49. The topological polar surface area (TPSA) is 41.6 Å². The molecule has 2 amide bonds. The van der Waals surface area contributed by atoms with E-state index >= 15 is 0 Å². The summed E-state index contributed by atoms with van der Waals surface area (Å²) in [6, 6.07) is 7.81. The highest BCUT2D eigenvalue weighted by Crippen LogP contribution is 2.18. The monoisotopic (exact) mass is 280 g/mol. The van der Waals surface area contributed by atoms with Crippen LogP contribution >= 0.6 is 11.8 Å². The molecule has 1 aromatic carbocycles. The van der Waals surface area contributed by atoms with Crippen molar-refractivity contribution in [3.05, 3.63) is 24.3 Å². The number of rotatable bonds is 2. The zero-order valence-corrected chi connectivity index (χ0v) is 12.4. The van der Waals surface area contributed by atoms with Gasteiger partial charge in [-0.1, -0.05) is 0 Å². The van der Waals surface area contributed by atoms with Crippen molar-refractivity contribution in [2.45, 2.75) is 31.0 Å². The first-order chi connectivity index (χ1) is 9.08. The van der Waals surface area contributed by atoms with Crippen molar-refractivity contribution in [2.75, 3.05) is 24.7 Å². The van der Waals surface area contributed by atoms with Gasteiger partial charge in [0, 0.05) is 23.7 Å². The summed E-state index contributed by atoms with van der Waals surface area (Å²) in [6.07, 6.45) is 2.21. The molecule has 1 N–H and O–H groups in total. The van der Waals surface area contributed by atoms with Crippen molar-refractivity contribution in [3.63, 3.8) is 0 Å². The Hall–Kier alpha value is -1.20. The summed E-state index contributed by atoms with van der Waals surface area (Å²) in [7, 11) is 0. The number of carbonyl (C=O) groups excluding carboxylic acids is 1. The SMILES string of the molecule is CSc1ccc(NC(=O)N2C[C@@H](C)O[C@@H](C)C2)cc1. The Morgan fingerprint density at radius 2 is 1.84 bits per heavy atom. The van der Waals surface area contributed by atoms with Gasteiger partial charge in [-0.3, -0.25) is 0 Å². The maximum atomic E-state index is 12.2. The first-order valence-corrected chi connectivity index (χ1v) is 7.66. The minimum Gasteiger partial charge on any atom is -0.372 e. The maximum absolute atomic E-state index is 12.2. The van der Waals surface area contributed by atoms with Crippen LogP contribution in [0.25, 0.3) is 0 Å². The molecule has 0 radical (unpaired) electrons. The fraction of sp³-hybridized carbons (Fsp3) is 0.500. The van der Waals surface area contributed by atoms with E-state index in [1.54, 1.807) is 16.7 Å². The Labute approximate surface area is 118 Å². The van der Waals surface area contributed by atoms with E-state index in [4.69, 9.17) is 4.74 Å². The van der Waals surface area contributed by atoms with Crippen molar-refractivity contribution >= 4 is 23.5 Å². The highest BCUT2D eigenvalue weighted by Gasteiger charge is 2.25. The zero-order valence-electron chi connectivity index (χ0n) is 11.6. The van der Waals surface area contributed by atoms with Gasteiger partial charge in [0.25, 0.3) is 0 Å². The third-order valence-corrected chi connectivity index (χ3v) is 3.79. The molecule has 1 aliphatic rings. The van der Waals surface area contributed by atoms with Crippen LogP contribution in [0.15, 0.2) is 29.2 Å². The molecule has 0 saturated carbocycles. The van der Waals surface area contributed by atoms with Gasteiger partial charge in [-0.25, -0.2) is 4.79 Å². The predicted octanol–water partition coefficient (Wildman–Crippen LogP) is 3.05. The van der Waals surface area contributed by atoms with E-state index in [2.05, 4.69) is 5.32 Å². The summed E-state index contributed by atoms with van der Waals surface area (Å²) >= 11 is 1.69. The van der Waals surface area contributed by atoms with Gasteiger partial charge in [0.15, 0.2) is 0 Å². The number of benzene rings is 1. The number of hydrogen-bond acceptors (Lipinski definition) is 3. The average molecular weight is 280 g/mol. The summed E-state index contributed by atoms with van der Waals surface area (Å²) in [4.78, 5) is 15.2. The predicted molar refractivity (Wildman–Crippen MR) is 78.8 cm³/mol. The number of nitrogens with one attached hydrogen (secondary N) is 1. The lowest BCUT2D eigenvalue weighted by molar-refractivity contribution is -0.0530. The van der Waals surface area contributed by atoms with E-state index in [1.165, 1.54) is 4.90 Å². The van der Waals surface area contributed by atoms with Crippen molar-refractivity contribution in [1.82, 2.24) is 4.90 Å². The van der Waals surface area contributed by atoms with E-state index < -0.39 is 0 Å². The molecular formula is C14H20N2O2S. The van der Waals surface area contributed by atoms with E-state index in [1.807, 2.05) is 44.4 Å². The number of ether oxygens (including phenoxy) is 1. The van der Waals surface area contributed by atoms with Crippen LogP contribution in [0, 0.1) is 0 Å². The Balaban J connectivity index is 1.96. The lowest BCUT2D eigenvalue weighted by atomic mass is 10.2. The normalized spacial score (nSPS) is 23.2. The van der Waals surface area contributed by atoms with E-state index in [0.29, 0.717) is 13.1 Å². The van der Waals surface area contributed by atoms with Gasteiger partial charge >= 0.3 is 6.03 Å². The minimum absolute atomic E-state index is 0.0566. The van der Waals surface area contributed by atoms with E-state index in [-0.39, 0.29) is 18.2 Å². The molecule has 0 unspecified atom stereocenters. The van der Waals surface area contributed by atoms with Crippen LogP contribution in [-0.2, 0) is 4.74 Å². The third-order valence-electron chi connectivity index (χ3n) is 3.05. The van der Waals surface area contributed by atoms with E-state index in [0.717, 1.165) is 5.69 Å². The smallest absolute Gasteiger partial charge is 0.322 e. The van der Waals surface area contributed by atoms with Gasteiger partial charge < -0.3 is 15.0 Å². The first-order valence-electron chi connectivity index (χ1n) is 6.44. The summed E-state index contributed by atoms with van der Waals surface area (Å²) in [6.45, 7) is 5.25. The number of urea groups is 1. The van der Waals surface area contributed by atoms with Crippen LogP contribution in [0.2, 0.25) is 0 Å². The molecule has 1 fully saturated rings. The molecule has 1 aromatic rings. The Morgan fingerprint density at radius 1 is 1.26 bits per heavy atom. The standard InChI is InChI=1S/C14H20N2O2S/c1-10-8-16(9-11(2)18-10)14(17)15-12-4-6-13(19-3)7-5-12/h4-7,10-11H,8-9H2,1-3H3,(H,15,17)/t10-,11+. The number of hydrogen-bond donors (Lipinski definition) is 1. The summed E-state index contributed by atoms with van der Waals surface area (Å²) in [5, 5.41) is 2.93. The number of thioether (sulfide) groups is 1. The highest BCUT2D eigenvalue weighted by atomic mass is 32.2. The molecule has 1 saturated heterocycles. The first kappa shape index (κ1) is 14.2. The summed E-state index contributed by atoms with van der Waals surface area (Å²) in [5.41, 5.74) is 0.828. The molecule has 5 heteroatoms. The molecule has 0 spiro atoms. The van der Waals surface area contributed by atoms with Gasteiger partial charge in [-0.2, -0.15) is 0 Å². The molecule has 2 atom stereocenters. The summed E-state index contributed by atoms with van der Waals surface area (Å²) in [5.74, 6) is 0. The Morgan fingerprint density at radius 3 is 2.37 bits per heavy atom. The van der Waals surface area contributed by atoms with Crippen LogP contribution in [0.3, 0.4) is 0 Å². The number of morpholine rings is 1. The molecule has 1 aliphatic heterocycles. The largest absolute Gasteiger partial charge is 0.372 e. The second kappa shape index (κ2) is 6.30. The Kier molecular flexibility index (Phi) is 4.71. The maximum Gasteiger partial charge on any atom is 0.322 e. The fourth-order valence-corrected chi connectivity index (χ4v) is 2.63. The fourth-order valence-electron chi connectivity index (χ4n) is 2.22. The molecule has 0 bridgehead atoms. The quantitative estimate of drug-likeness (QED) is 0.847. The van der Waals surface area contributed by atoms with Gasteiger partial charge in [-0.05, 0) is 44.4 Å². The number of amides is 2. The molecule has 0 aliphatic carbocycles. The van der Waals surface area contributed by atoms with Crippen LogP contribution in [0.5, 0.6) is 0 Å². The average Bonchev–Trinajstić information content (AvgIpc) is 2.38. The second-order valence-corrected chi connectivity index (χ2v) is 5.70. The van der Waals surface area contributed by atoms with Crippen molar-refractivity contribution in [1.29, 1.82) is 0 Å². The number of anilines is 1. The zero-order chi connectivity index (χ0) is 13.8. The minimum atomic E-state index is -0.0566. The highest BCUT2D eigenvalue weighted by molar-refractivity contribution is 7.98. The number of nitrogens with zero attached hydrogens (tertiary/aromatic N) is 1. The van der Waals surface area contributed by atoms with Crippen LogP contribution in [-0.4, -0.2) is 42.5 Å². The molecule has 2 rings (SSSR count). The molecular weight excluding hydrogens is 260 g/mol. The Bertz CT molecular complexity index is 426. The molecule has 104 valence electrons. The molecule has 4 nitrogen and oxygen atoms in total. The molecule has 0 aromatic heterocycles. The lowest BCUT2D eigenvalue weighted by Gasteiger charge is -2.35. The van der Waals surface area contributed by atoms with E-state index in [9.17, 15) is 4.79 Å². The van der Waals surface area contributed by atoms with Crippen LogP contribution in [0.4, 0.5) is 10.5 Å². The van der Waals surface area contributed by atoms with Crippen molar-refractivity contribution < 1.29 is 9.53 Å². The van der Waals surface area contributed by atoms with Crippen molar-refractivity contribution in [3.8, 4) is 0 Å². The summed E-state index contributed by atoms with van der Waals surface area (Å²) < 4.78 is 5.62. The van der Waals surface area contributed by atoms with Gasteiger partial charge in [0.1, 0.15) is 0 Å². The molecule has 19 heavy (non-hydrogen) atoms. The van der Waals surface area contributed by atoms with Gasteiger partial charge in [0.2, 0.25) is 0 Å². The number of carbonyl (C=O) groups is 1. The second-order valence-electron chi connectivity index (χ2n) is 4.82. The van der Waals surface area contributed by atoms with Crippen molar-refractivity contribution in [2.24, 2.45) is 0 Å². The third kappa shape index (κ3) is 3.88. The molecule has 1 heterocycles. The van der Waals surface area contributed by atoms with Gasteiger partial charge in [0.05, 0.1) is 12.2 Å². The van der Waals surface area contributed by atoms with Crippen LogP contribution < -0.4 is 5.32 Å². The van der Waals surface area contributed by atoms with Crippen LogP contribution in [0.1, 0.15) is 13.8 Å². The van der Waals surface area contributed by atoms with Gasteiger partial charge in [-0.15, -0.1) is 11.8 Å².